The molecule has 2 aliphatic carbocycles. The molecule has 0 radical (unpaired) electrons. The van der Waals surface area contributed by atoms with Crippen molar-refractivity contribution in [1.29, 1.82) is 0 Å². The molecule has 7 nitrogen and oxygen atoms in total. The second-order valence-corrected chi connectivity index (χ2v) is 11.7. The quantitative estimate of drug-likeness (QED) is 0.412. The van der Waals surface area contributed by atoms with Gasteiger partial charge in [-0.3, -0.25) is 0 Å². The number of hydrogen-bond donors (Lipinski definition) is 1. The monoisotopic (exact) mass is 539 g/mol. The highest BCUT2D eigenvalue weighted by Crippen LogP contribution is 2.43. The molecule has 9 heteroatoms. The van der Waals surface area contributed by atoms with Crippen molar-refractivity contribution in [1.82, 2.24) is 4.98 Å². The number of aryl methyl sites for hydroxylation is 2. The van der Waals surface area contributed by atoms with E-state index in [1.54, 1.807) is 42.5 Å². The number of benzene rings is 1. The van der Waals surface area contributed by atoms with E-state index in [1.807, 2.05) is 19.9 Å². The van der Waals surface area contributed by atoms with Crippen molar-refractivity contribution < 1.29 is 32.2 Å². The third-order valence-electron chi connectivity index (χ3n) is 6.38. The van der Waals surface area contributed by atoms with Crippen LogP contribution in [-0.2, 0) is 26.0 Å². The highest BCUT2D eigenvalue weighted by molar-refractivity contribution is 7.90. The zero-order valence-electron chi connectivity index (χ0n) is 21.5. The molecule has 0 saturated carbocycles. The first-order valence-electron chi connectivity index (χ1n) is 12.3. The molecule has 0 amide bonds. The Labute approximate surface area is 221 Å². The molecular formula is C29H30FNO6S. The number of aromatic nitrogens is 1. The van der Waals surface area contributed by atoms with Crippen LogP contribution in [-0.4, -0.2) is 43.1 Å². The summed E-state index contributed by atoms with van der Waals surface area (Å²) in [6.07, 6.45) is 11.1. The first kappa shape index (κ1) is 27.3. The van der Waals surface area contributed by atoms with Crippen LogP contribution in [0.2, 0.25) is 0 Å². The predicted octanol–water partition coefficient (Wildman–Crippen LogP) is 5.25. The summed E-state index contributed by atoms with van der Waals surface area (Å²) in [5.41, 5.74) is 4.93. The minimum absolute atomic E-state index is 0.0171. The van der Waals surface area contributed by atoms with Crippen molar-refractivity contribution in [3.63, 3.8) is 0 Å². The lowest BCUT2D eigenvalue weighted by atomic mass is 9.97. The summed E-state index contributed by atoms with van der Waals surface area (Å²) in [5, 5.41) is 9.23. The van der Waals surface area contributed by atoms with Crippen LogP contribution < -0.4 is 4.74 Å². The smallest absolute Gasteiger partial charge is 0.332 e. The van der Waals surface area contributed by atoms with Crippen molar-refractivity contribution in [3.8, 4) is 17.0 Å². The standard InChI is InChI=1S/C29H30FNO6S/c1-18-15-26(36-13-6-14-38(3,34)35)31-19(2)27(18)20-11-12-25(30)21(16-20)17-37-22-7-4-9-23-24(10-5-8-22)28(23)29(32)33/h4-5,7-9,11-12,15-16,24H,6,10,13-14,17H2,1-3H3,(H,32,33)/b8-5+,9-4+,22-7+/t24-/m1/s1. The second kappa shape index (κ2) is 11.3. The first-order valence-corrected chi connectivity index (χ1v) is 14.3. The van der Waals surface area contributed by atoms with Crippen LogP contribution in [0.25, 0.3) is 11.1 Å². The topological polar surface area (TPSA) is 103 Å². The maximum Gasteiger partial charge on any atom is 0.332 e. The first-order chi connectivity index (χ1) is 18.0. The van der Waals surface area contributed by atoms with Crippen molar-refractivity contribution in [3.05, 3.63) is 94.2 Å². The molecule has 200 valence electrons. The van der Waals surface area contributed by atoms with Gasteiger partial charge in [-0.05, 0) is 67.7 Å². The maximum atomic E-state index is 14.7. The van der Waals surface area contributed by atoms with Gasteiger partial charge in [0.25, 0.3) is 0 Å². The molecule has 4 rings (SSSR count). The molecule has 0 spiro atoms. The Morgan fingerprint density at radius 2 is 1.97 bits per heavy atom. The number of fused-ring (bicyclic) bond motifs is 1. The molecule has 0 fully saturated rings. The van der Waals surface area contributed by atoms with E-state index in [1.165, 1.54) is 12.3 Å². The number of hydrogen-bond acceptors (Lipinski definition) is 6. The largest absolute Gasteiger partial charge is 0.489 e. The van der Waals surface area contributed by atoms with Gasteiger partial charge in [-0.25, -0.2) is 22.6 Å². The van der Waals surface area contributed by atoms with E-state index in [2.05, 4.69) is 4.98 Å². The number of carbonyl (C=O) groups is 1. The fourth-order valence-electron chi connectivity index (χ4n) is 4.54. The summed E-state index contributed by atoms with van der Waals surface area (Å²) in [4.78, 5) is 15.8. The van der Waals surface area contributed by atoms with E-state index in [4.69, 9.17) is 9.47 Å². The molecule has 1 aromatic carbocycles. The summed E-state index contributed by atoms with van der Waals surface area (Å²) in [5.74, 6) is -0.312. The number of allylic oxidation sites excluding steroid dienone is 6. The number of carboxylic acid groups (broad SMARTS) is 1. The van der Waals surface area contributed by atoms with E-state index in [-0.39, 0.29) is 30.7 Å². The van der Waals surface area contributed by atoms with Gasteiger partial charge in [0.2, 0.25) is 5.88 Å². The Morgan fingerprint density at radius 3 is 2.68 bits per heavy atom. The summed E-state index contributed by atoms with van der Waals surface area (Å²) in [7, 11) is -3.04. The van der Waals surface area contributed by atoms with Gasteiger partial charge in [0, 0.05) is 40.6 Å². The van der Waals surface area contributed by atoms with Gasteiger partial charge < -0.3 is 14.6 Å². The Balaban J connectivity index is 1.46. The minimum Gasteiger partial charge on any atom is -0.489 e. The number of sulfone groups is 1. The van der Waals surface area contributed by atoms with Crippen molar-refractivity contribution in [2.24, 2.45) is 5.92 Å². The Bertz CT molecular complexity index is 1460. The molecule has 0 unspecified atom stereocenters. The van der Waals surface area contributed by atoms with Crippen LogP contribution >= 0.6 is 0 Å². The molecule has 1 heterocycles. The Kier molecular flexibility index (Phi) is 8.16. The zero-order chi connectivity index (χ0) is 27.4. The van der Waals surface area contributed by atoms with Crippen molar-refractivity contribution in [2.45, 2.75) is 33.3 Å². The van der Waals surface area contributed by atoms with Gasteiger partial charge in [0.05, 0.1) is 12.4 Å². The number of aliphatic carboxylic acids is 1. The number of pyridine rings is 1. The highest BCUT2D eigenvalue weighted by Gasteiger charge is 2.38. The second-order valence-electron chi connectivity index (χ2n) is 9.46. The average Bonchev–Trinajstić information content (AvgIpc) is 3.51. The number of rotatable bonds is 10. The summed E-state index contributed by atoms with van der Waals surface area (Å²) < 4.78 is 48.8. The molecule has 1 aromatic heterocycles. The fraction of sp³-hybridized carbons (Fsp3) is 0.310. The molecule has 0 aliphatic heterocycles. The van der Waals surface area contributed by atoms with Crippen LogP contribution in [0.5, 0.6) is 5.88 Å². The average molecular weight is 540 g/mol. The van der Waals surface area contributed by atoms with Gasteiger partial charge in [0.1, 0.15) is 28.0 Å². The molecular weight excluding hydrogens is 509 g/mol. The van der Waals surface area contributed by atoms with E-state index in [0.29, 0.717) is 41.3 Å². The predicted molar refractivity (Wildman–Crippen MR) is 143 cm³/mol. The van der Waals surface area contributed by atoms with Gasteiger partial charge in [-0.1, -0.05) is 24.3 Å². The molecule has 1 N–H and O–H groups in total. The lowest BCUT2D eigenvalue weighted by Crippen LogP contribution is -2.09. The van der Waals surface area contributed by atoms with Crippen LogP contribution in [0.15, 0.2) is 71.6 Å². The Hall–Kier alpha value is -3.72. The van der Waals surface area contributed by atoms with Gasteiger partial charge in [0.15, 0.2) is 0 Å². The summed E-state index contributed by atoms with van der Waals surface area (Å²) >= 11 is 0. The highest BCUT2D eigenvalue weighted by atomic mass is 32.2. The lowest BCUT2D eigenvalue weighted by Gasteiger charge is -2.15. The van der Waals surface area contributed by atoms with E-state index in [9.17, 15) is 22.7 Å². The molecule has 1 atom stereocenters. The van der Waals surface area contributed by atoms with Crippen LogP contribution in [0.4, 0.5) is 4.39 Å². The normalized spacial score (nSPS) is 19.8. The molecule has 38 heavy (non-hydrogen) atoms. The van der Waals surface area contributed by atoms with E-state index < -0.39 is 15.8 Å². The minimum atomic E-state index is -3.04. The maximum absolute atomic E-state index is 14.7. The van der Waals surface area contributed by atoms with Gasteiger partial charge in [-0.15, -0.1) is 0 Å². The third kappa shape index (κ3) is 6.77. The van der Waals surface area contributed by atoms with Crippen molar-refractivity contribution in [2.75, 3.05) is 18.6 Å². The van der Waals surface area contributed by atoms with Gasteiger partial charge >= 0.3 is 5.97 Å². The van der Waals surface area contributed by atoms with E-state index in [0.717, 1.165) is 22.3 Å². The molecule has 2 aromatic rings. The molecule has 0 saturated heterocycles. The fourth-order valence-corrected chi connectivity index (χ4v) is 5.18. The number of halogens is 1. The Morgan fingerprint density at radius 1 is 1.18 bits per heavy atom. The third-order valence-corrected chi connectivity index (χ3v) is 7.41. The summed E-state index contributed by atoms with van der Waals surface area (Å²) in [6.45, 7) is 4.03. The number of ether oxygens (including phenoxy) is 2. The van der Waals surface area contributed by atoms with Crippen LogP contribution in [0, 0.1) is 25.6 Å². The SMILES string of the molecule is Cc1cc(OCCCS(C)(=O)=O)nc(C)c1-c1ccc(F)c(COC2=C/C=C/C3=C(C(=O)O)[C@@H]3C\C=C\2)c1. The van der Waals surface area contributed by atoms with E-state index >= 15 is 0 Å². The summed E-state index contributed by atoms with van der Waals surface area (Å²) in [6, 6.07) is 6.64. The van der Waals surface area contributed by atoms with Gasteiger partial charge in [-0.2, -0.15) is 0 Å². The number of carboxylic acids is 1. The zero-order valence-corrected chi connectivity index (χ0v) is 22.3. The van der Waals surface area contributed by atoms with Crippen molar-refractivity contribution >= 4 is 15.8 Å². The van der Waals surface area contributed by atoms with Crippen LogP contribution in [0.3, 0.4) is 0 Å². The lowest BCUT2D eigenvalue weighted by molar-refractivity contribution is -0.132. The van der Waals surface area contributed by atoms with Crippen LogP contribution in [0.1, 0.15) is 29.7 Å². The number of nitrogens with zero attached hydrogens (tertiary/aromatic N) is 1. The molecule has 2 aliphatic rings. The molecule has 0 bridgehead atoms.